The standard InChI is InChI=1S/C16H15NO2S/c1-12-5-7-14(8-6-12)9-10-16(18)19-17-13(2)15-4-3-11-20-15/h3-11H,1-2H3/b10-9+,17-13-. The molecule has 0 atom stereocenters. The van der Waals surface area contributed by atoms with Crippen molar-refractivity contribution in [2.75, 3.05) is 0 Å². The molecule has 0 aliphatic carbocycles. The molecule has 2 aromatic rings. The summed E-state index contributed by atoms with van der Waals surface area (Å²) >= 11 is 1.55. The maximum absolute atomic E-state index is 11.5. The summed E-state index contributed by atoms with van der Waals surface area (Å²) in [7, 11) is 0. The van der Waals surface area contributed by atoms with Crippen LogP contribution in [0.1, 0.15) is 22.9 Å². The van der Waals surface area contributed by atoms with Gasteiger partial charge in [-0.15, -0.1) is 11.3 Å². The van der Waals surface area contributed by atoms with E-state index in [2.05, 4.69) is 5.16 Å². The highest BCUT2D eigenvalue weighted by Crippen LogP contribution is 2.10. The van der Waals surface area contributed by atoms with Gasteiger partial charge >= 0.3 is 5.97 Å². The number of carbonyl (C=O) groups excluding carboxylic acids is 1. The normalized spacial score (nSPS) is 11.8. The van der Waals surface area contributed by atoms with E-state index >= 15 is 0 Å². The van der Waals surface area contributed by atoms with Gasteiger partial charge in [-0.05, 0) is 36.9 Å². The summed E-state index contributed by atoms with van der Waals surface area (Å²) in [4.78, 5) is 17.4. The quantitative estimate of drug-likeness (QED) is 0.368. The minimum absolute atomic E-state index is 0.485. The number of aryl methyl sites for hydroxylation is 1. The molecular weight excluding hydrogens is 270 g/mol. The van der Waals surface area contributed by atoms with E-state index < -0.39 is 5.97 Å². The zero-order valence-corrected chi connectivity index (χ0v) is 12.2. The number of rotatable bonds is 4. The number of hydrogen-bond acceptors (Lipinski definition) is 4. The van der Waals surface area contributed by atoms with Crippen molar-refractivity contribution < 1.29 is 9.63 Å². The molecular formula is C16H15NO2S. The first-order valence-electron chi connectivity index (χ1n) is 6.19. The van der Waals surface area contributed by atoms with E-state index in [1.54, 1.807) is 17.4 Å². The smallest absolute Gasteiger partial charge is 0.313 e. The third kappa shape index (κ3) is 4.17. The predicted octanol–water partition coefficient (Wildman–Crippen LogP) is 4.04. The van der Waals surface area contributed by atoms with E-state index in [0.717, 1.165) is 10.4 Å². The number of oxime groups is 1. The summed E-state index contributed by atoms with van der Waals surface area (Å²) in [5.74, 6) is -0.485. The Bertz CT molecular complexity index is 625. The maximum Gasteiger partial charge on any atom is 0.358 e. The molecule has 0 amide bonds. The molecule has 2 rings (SSSR count). The Morgan fingerprint density at radius 3 is 2.65 bits per heavy atom. The lowest BCUT2D eigenvalue weighted by Crippen LogP contribution is -1.98. The fourth-order valence-corrected chi connectivity index (χ4v) is 2.18. The fraction of sp³-hybridized carbons (Fsp3) is 0.125. The Balaban J connectivity index is 1.92. The van der Waals surface area contributed by atoms with Crippen LogP contribution in [0.15, 0.2) is 53.0 Å². The molecule has 1 aromatic heterocycles. The Kier molecular flexibility index (Phi) is 4.85. The second-order valence-corrected chi connectivity index (χ2v) is 5.26. The Labute approximate surface area is 122 Å². The van der Waals surface area contributed by atoms with Gasteiger partial charge in [0.15, 0.2) is 0 Å². The summed E-state index contributed by atoms with van der Waals surface area (Å²) in [6.07, 6.45) is 3.08. The van der Waals surface area contributed by atoms with E-state index in [1.165, 1.54) is 11.6 Å². The summed E-state index contributed by atoms with van der Waals surface area (Å²) in [5.41, 5.74) is 2.82. The van der Waals surface area contributed by atoms with Gasteiger partial charge in [-0.25, -0.2) is 4.79 Å². The van der Waals surface area contributed by atoms with Crippen molar-refractivity contribution in [3.8, 4) is 0 Å². The first kappa shape index (κ1) is 14.2. The average Bonchev–Trinajstić information content (AvgIpc) is 2.98. The number of hydrogen-bond donors (Lipinski definition) is 0. The molecule has 4 heteroatoms. The van der Waals surface area contributed by atoms with Crippen LogP contribution in [0.4, 0.5) is 0 Å². The third-order valence-corrected chi connectivity index (χ3v) is 3.62. The topological polar surface area (TPSA) is 38.7 Å². The molecule has 0 bridgehead atoms. The average molecular weight is 285 g/mol. The van der Waals surface area contributed by atoms with Crippen LogP contribution in [-0.4, -0.2) is 11.7 Å². The van der Waals surface area contributed by atoms with E-state index in [1.807, 2.05) is 55.6 Å². The number of carbonyl (C=O) groups is 1. The first-order chi connectivity index (χ1) is 9.65. The second-order valence-electron chi connectivity index (χ2n) is 4.31. The van der Waals surface area contributed by atoms with Gasteiger partial charge in [-0.1, -0.05) is 41.1 Å². The van der Waals surface area contributed by atoms with Crippen LogP contribution in [0.3, 0.4) is 0 Å². The lowest BCUT2D eigenvalue weighted by Gasteiger charge is -1.96. The second kappa shape index (κ2) is 6.82. The Morgan fingerprint density at radius 1 is 1.25 bits per heavy atom. The van der Waals surface area contributed by atoms with Gasteiger partial charge in [0, 0.05) is 6.08 Å². The Morgan fingerprint density at radius 2 is 2.00 bits per heavy atom. The van der Waals surface area contributed by atoms with Crippen molar-refractivity contribution in [2.24, 2.45) is 5.16 Å². The van der Waals surface area contributed by atoms with Crippen LogP contribution in [0.25, 0.3) is 6.08 Å². The molecule has 0 aliphatic rings. The monoisotopic (exact) mass is 285 g/mol. The maximum atomic E-state index is 11.5. The summed E-state index contributed by atoms with van der Waals surface area (Å²) < 4.78 is 0. The molecule has 1 aromatic carbocycles. The molecule has 1 heterocycles. The lowest BCUT2D eigenvalue weighted by molar-refractivity contribution is -0.137. The van der Waals surface area contributed by atoms with Gasteiger partial charge in [-0.3, -0.25) is 0 Å². The molecule has 0 aliphatic heterocycles. The number of benzene rings is 1. The highest BCUT2D eigenvalue weighted by molar-refractivity contribution is 7.12. The van der Waals surface area contributed by atoms with Crippen molar-refractivity contribution >= 4 is 29.1 Å². The zero-order chi connectivity index (χ0) is 14.4. The van der Waals surface area contributed by atoms with Crippen molar-refractivity contribution in [1.29, 1.82) is 0 Å². The minimum Gasteiger partial charge on any atom is -0.313 e. The van der Waals surface area contributed by atoms with Crippen LogP contribution >= 0.6 is 11.3 Å². The van der Waals surface area contributed by atoms with Gasteiger partial charge in [0.05, 0.1) is 10.6 Å². The molecule has 102 valence electrons. The molecule has 0 spiro atoms. The van der Waals surface area contributed by atoms with Crippen molar-refractivity contribution in [3.05, 3.63) is 63.9 Å². The molecule has 3 nitrogen and oxygen atoms in total. The molecule has 0 radical (unpaired) electrons. The Hall–Kier alpha value is -2.20. The molecule has 0 fully saturated rings. The highest BCUT2D eigenvalue weighted by Gasteiger charge is 2.01. The van der Waals surface area contributed by atoms with Gasteiger partial charge in [0.2, 0.25) is 0 Å². The lowest BCUT2D eigenvalue weighted by atomic mass is 10.1. The summed E-state index contributed by atoms with van der Waals surface area (Å²) in [6.45, 7) is 3.83. The number of thiophene rings is 1. The van der Waals surface area contributed by atoms with E-state index in [-0.39, 0.29) is 0 Å². The number of nitrogens with zero attached hydrogens (tertiary/aromatic N) is 1. The van der Waals surface area contributed by atoms with Crippen LogP contribution < -0.4 is 0 Å². The fourth-order valence-electron chi connectivity index (χ4n) is 1.52. The summed E-state index contributed by atoms with van der Waals surface area (Å²) in [5, 5.41) is 5.77. The molecule has 0 saturated carbocycles. The van der Waals surface area contributed by atoms with Crippen molar-refractivity contribution in [3.63, 3.8) is 0 Å². The highest BCUT2D eigenvalue weighted by atomic mass is 32.1. The largest absolute Gasteiger partial charge is 0.358 e. The minimum atomic E-state index is -0.485. The van der Waals surface area contributed by atoms with Gasteiger partial charge < -0.3 is 4.84 Å². The van der Waals surface area contributed by atoms with Gasteiger partial charge in [-0.2, -0.15) is 0 Å². The molecule has 0 unspecified atom stereocenters. The van der Waals surface area contributed by atoms with Crippen LogP contribution in [0.2, 0.25) is 0 Å². The van der Waals surface area contributed by atoms with E-state index in [9.17, 15) is 4.79 Å². The molecule has 0 N–H and O–H groups in total. The zero-order valence-electron chi connectivity index (χ0n) is 11.4. The van der Waals surface area contributed by atoms with Crippen LogP contribution in [-0.2, 0) is 9.63 Å². The molecule has 20 heavy (non-hydrogen) atoms. The first-order valence-corrected chi connectivity index (χ1v) is 7.07. The van der Waals surface area contributed by atoms with Gasteiger partial charge in [0.25, 0.3) is 0 Å². The van der Waals surface area contributed by atoms with Gasteiger partial charge in [0.1, 0.15) is 0 Å². The van der Waals surface area contributed by atoms with Crippen LogP contribution in [0, 0.1) is 6.92 Å². The molecule has 0 saturated heterocycles. The summed E-state index contributed by atoms with van der Waals surface area (Å²) in [6, 6.07) is 11.7. The third-order valence-electron chi connectivity index (χ3n) is 2.64. The van der Waals surface area contributed by atoms with E-state index in [0.29, 0.717) is 5.71 Å². The van der Waals surface area contributed by atoms with Crippen molar-refractivity contribution in [2.45, 2.75) is 13.8 Å². The van der Waals surface area contributed by atoms with E-state index in [4.69, 9.17) is 4.84 Å². The van der Waals surface area contributed by atoms with Crippen LogP contribution in [0.5, 0.6) is 0 Å². The van der Waals surface area contributed by atoms with Crippen molar-refractivity contribution in [1.82, 2.24) is 0 Å². The predicted molar refractivity (Wildman–Crippen MR) is 82.8 cm³/mol. The SMILES string of the molecule is C/C(=N/OC(=O)/C=C/c1ccc(C)cc1)c1cccs1.